The van der Waals surface area contributed by atoms with Crippen molar-refractivity contribution in [3.05, 3.63) is 46.2 Å². The average molecular weight is 263 g/mol. The number of aromatic hydroxyl groups is 1. The van der Waals surface area contributed by atoms with Crippen molar-refractivity contribution < 1.29 is 14.6 Å². The van der Waals surface area contributed by atoms with Crippen molar-refractivity contribution in [1.82, 2.24) is 5.32 Å². The van der Waals surface area contributed by atoms with Crippen molar-refractivity contribution >= 4 is 17.2 Å². The molecular formula is C13H13NO3S. The summed E-state index contributed by atoms with van der Waals surface area (Å²) in [6.07, 6.45) is 0. The molecule has 4 nitrogen and oxygen atoms in total. The largest absolute Gasteiger partial charge is 0.504 e. The summed E-state index contributed by atoms with van der Waals surface area (Å²) in [5, 5.41) is 14.3. The van der Waals surface area contributed by atoms with Crippen LogP contribution in [0.4, 0.5) is 0 Å². The molecule has 2 N–H and O–H groups in total. The first-order valence-electron chi connectivity index (χ1n) is 5.38. The van der Waals surface area contributed by atoms with E-state index >= 15 is 0 Å². The summed E-state index contributed by atoms with van der Waals surface area (Å²) >= 11 is 1.59. The van der Waals surface area contributed by atoms with E-state index in [1.165, 1.54) is 13.2 Å². The third-order valence-corrected chi connectivity index (χ3v) is 3.32. The number of carbonyl (C=O) groups is 1. The van der Waals surface area contributed by atoms with Crippen molar-refractivity contribution in [2.75, 3.05) is 7.11 Å². The van der Waals surface area contributed by atoms with Crippen LogP contribution in [0.1, 0.15) is 15.2 Å². The summed E-state index contributed by atoms with van der Waals surface area (Å²) in [6.45, 7) is 0.489. The highest BCUT2D eigenvalue weighted by atomic mass is 32.1. The van der Waals surface area contributed by atoms with Crippen molar-refractivity contribution in [2.24, 2.45) is 0 Å². The molecule has 2 aromatic rings. The molecule has 94 valence electrons. The van der Waals surface area contributed by atoms with E-state index in [1.807, 2.05) is 17.5 Å². The predicted octanol–water partition coefficient (Wildman–Crippen LogP) is 2.39. The Kier molecular flexibility index (Phi) is 3.84. The number of benzene rings is 1. The molecule has 0 saturated carbocycles. The molecule has 0 fully saturated rings. The fourth-order valence-corrected chi connectivity index (χ4v) is 2.16. The summed E-state index contributed by atoms with van der Waals surface area (Å²) in [5.41, 5.74) is 0.407. The standard InChI is InChI=1S/C13H13NO3S/c1-17-12-5-4-9(7-11(12)15)13(16)14-8-10-3-2-6-18-10/h2-7,15H,8H2,1H3,(H,14,16). The molecule has 0 atom stereocenters. The molecular weight excluding hydrogens is 250 g/mol. The monoisotopic (exact) mass is 263 g/mol. The third-order valence-electron chi connectivity index (χ3n) is 2.44. The fourth-order valence-electron chi connectivity index (χ4n) is 1.51. The van der Waals surface area contributed by atoms with Gasteiger partial charge in [-0.25, -0.2) is 0 Å². The number of nitrogens with one attached hydrogen (secondary N) is 1. The van der Waals surface area contributed by atoms with Crippen LogP contribution in [0.3, 0.4) is 0 Å². The van der Waals surface area contributed by atoms with Gasteiger partial charge in [-0.1, -0.05) is 6.07 Å². The number of thiophene rings is 1. The van der Waals surface area contributed by atoms with Crippen LogP contribution in [0.15, 0.2) is 35.7 Å². The quantitative estimate of drug-likeness (QED) is 0.890. The fraction of sp³-hybridized carbons (Fsp3) is 0.154. The van der Waals surface area contributed by atoms with Gasteiger partial charge in [-0.3, -0.25) is 4.79 Å². The Morgan fingerprint density at radius 2 is 2.28 bits per heavy atom. The molecule has 0 aliphatic heterocycles. The van der Waals surface area contributed by atoms with Gasteiger partial charge in [0.05, 0.1) is 13.7 Å². The molecule has 1 aromatic heterocycles. The van der Waals surface area contributed by atoms with Crippen molar-refractivity contribution in [2.45, 2.75) is 6.54 Å². The second-order valence-corrected chi connectivity index (χ2v) is 4.68. The second kappa shape index (κ2) is 5.55. The van der Waals surface area contributed by atoms with E-state index in [0.717, 1.165) is 4.88 Å². The number of phenolic OH excluding ortho intramolecular Hbond substituents is 1. The highest BCUT2D eigenvalue weighted by Gasteiger charge is 2.09. The van der Waals surface area contributed by atoms with E-state index in [4.69, 9.17) is 4.74 Å². The topological polar surface area (TPSA) is 58.6 Å². The summed E-state index contributed by atoms with van der Waals surface area (Å²) < 4.78 is 4.92. The molecule has 0 bridgehead atoms. The van der Waals surface area contributed by atoms with Crippen LogP contribution in [0.5, 0.6) is 11.5 Å². The molecule has 2 rings (SSSR count). The van der Waals surface area contributed by atoms with Crippen molar-refractivity contribution in [1.29, 1.82) is 0 Å². The van der Waals surface area contributed by atoms with E-state index in [0.29, 0.717) is 17.9 Å². The van der Waals surface area contributed by atoms with Gasteiger partial charge in [-0.2, -0.15) is 0 Å². The van der Waals surface area contributed by atoms with Gasteiger partial charge in [0.25, 0.3) is 5.91 Å². The maximum Gasteiger partial charge on any atom is 0.251 e. The zero-order chi connectivity index (χ0) is 13.0. The minimum Gasteiger partial charge on any atom is -0.504 e. The van der Waals surface area contributed by atoms with Gasteiger partial charge in [0.2, 0.25) is 0 Å². The second-order valence-electron chi connectivity index (χ2n) is 3.65. The first-order valence-corrected chi connectivity index (χ1v) is 6.26. The molecule has 5 heteroatoms. The minimum atomic E-state index is -0.221. The van der Waals surface area contributed by atoms with Crippen LogP contribution in [0.2, 0.25) is 0 Å². The zero-order valence-corrected chi connectivity index (χ0v) is 10.7. The molecule has 0 unspecified atom stereocenters. The van der Waals surface area contributed by atoms with E-state index in [2.05, 4.69) is 5.32 Å². The first kappa shape index (κ1) is 12.4. The Morgan fingerprint density at radius 3 is 2.89 bits per heavy atom. The molecule has 0 spiro atoms. The lowest BCUT2D eigenvalue weighted by Gasteiger charge is -2.06. The number of carbonyl (C=O) groups excluding carboxylic acids is 1. The van der Waals surface area contributed by atoms with Gasteiger partial charge in [0.15, 0.2) is 11.5 Å². The number of ether oxygens (including phenoxy) is 1. The summed E-state index contributed by atoms with van der Waals surface area (Å²) in [4.78, 5) is 12.9. The molecule has 0 saturated heterocycles. The van der Waals surface area contributed by atoms with Gasteiger partial charge >= 0.3 is 0 Å². The van der Waals surface area contributed by atoms with Crippen LogP contribution in [0.25, 0.3) is 0 Å². The molecule has 1 heterocycles. The smallest absolute Gasteiger partial charge is 0.251 e. The molecule has 1 aromatic carbocycles. The summed E-state index contributed by atoms with van der Waals surface area (Å²) in [5.74, 6) is 0.0902. The van der Waals surface area contributed by atoms with Gasteiger partial charge in [-0.05, 0) is 29.6 Å². The lowest BCUT2D eigenvalue weighted by molar-refractivity contribution is 0.0951. The Hall–Kier alpha value is -2.01. The van der Waals surface area contributed by atoms with E-state index in [1.54, 1.807) is 23.5 Å². The maximum atomic E-state index is 11.8. The number of phenols is 1. The summed E-state index contributed by atoms with van der Waals surface area (Å²) in [7, 11) is 1.46. The molecule has 0 aliphatic carbocycles. The lowest BCUT2D eigenvalue weighted by Crippen LogP contribution is -2.22. The molecule has 0 radical (unpaired) electrons. The van der Waals surface area contributed by atoms with Gasteiger partial charge in [0.1, 0.15) is 0 Å². The van der Waals surface area contributed by atoms with E-state index in [9.17, 15) is 9.90 Å². The normalized spacial score (nSPS) is 10.1. The number of methoxy groups -OCH3 is 1. The Labute approximate surface area is 109 Å². The number of hydrogen-bond acceptors (Lipinski definition) is 4. The zero-order valence-electron chi connectivity index (χ0n) is 9.84. The van der Waals surface area contributed by atoms with Crippen molar-refractivity contribution in [3.63, 3.8) is 0 Å². The Balaban J connectivity index is 2.02. The van der Waals surface area contributed by atoms with E-state index in [-0.39, 0.29) is 11.7 Å². The number of rotatable bonds is 4. The number of amides is 1. The van der Waals surface area contributed by atoms with Crippen LogP contribution < -0.4 is 10.1 Å². The maximum absolute atomic E-state index is 11.8. The third kappa shape index (κ3) is 2.81. The SMILES string of the molecule is COc1ccc(C(=O)NCc2cccs2)cc1O. The van der Waals surface area contributed by atoms with Crippen LogP contribution in [0, 0.1) is 0 Å². The molecule has 18 heavy (non-hydrogen) atoms. The van der Waals surface area contributed by atoms with Crippen molar-refractivity contribution in [3.8, 4) is 11.5 Å². The highest BCUT2D eigenvalue weighted by molar-refractivity contribution is 7.09. The minimum absolute atomic E-state index is 0.0405. The summed E-state index contributed by atoms with van der Waals surface area (Å²) in [6, 6.07) is 8.46. The molecule has 1 amide bonds. The number of hydrogen-bond donors (Lipinski definition) is 2. The molecule has 0 aliphatic rings. The van der Waals surface area contributed by atoms with E-state index < -0.39 is 0 Å². The van der Waals surface area contributed by atoms with Gasteiger partial charge in [-0.15, -0.1) is 11.3 Å². The Morgan fingerprint density at radius 1 is 1.44 bits per heavy atom. The predicted molar refractivity (Wildman–Crippen MR) is 70.1 cm³/mol. The Bertz CT molecular complexity index is 537. The lowest BCUT2D eigenvalue weighted by atomic mass is 10.2. The van der Waals surface area contributed by atoms with Gasteiger partial charge < -0.3 is 15.2 Å². The van der Waals surface area contributed by atoms with Crippen LogP contribution in [-0.4, -0.2) is 18.1 Å². The average Bonchev–Trinajstić information content (AvgIpc) is 2.89. The highest BCUT2D eigenvalue weighted by Crippen LogP contribution is 2.26. The van der Waals surface area contributed by atoms with Gasteiger partial charge in [0, 0.05) is 10.4 Å². The first-order chi connectivity index (χ1) is 8.70. The van der Waals surface area contributed by atoms with Crippen LogP contribution >= 0.6 is 11.3 Å². The van der Waals surface area contributed by atoms with Crippen LogP contribution in [-0.2, 0) is 6.54 Å².